The van der Waals surface area contributed by atoms with Gasteiger partial charge in [0.05, 0.1) is 7.11 Å². The zero-order valence-corrected chi connectivity index (χ0v) is 11.7. The average Bonchev–Trinajstić information content (AvgIpc) is 2.46. The molecule has 7 heteroatoms. The lowest BCUT2D eigenvalue weighted by molar-refractivity contribution is -0.139. The van der Waals surface area contributed by atoms with Gasteiger partial charge in [0.2, 0.25) is 0 Å². The van der Waals surface area contributed by atoms with Crippen molar-refractivity contribution in [3.8, 4) is 5.75 Å². The molecular weight excluding hydrogens is 276 g/mol. The number of rotatable bonds is 8. The molecule has 0 amide bonds. The Kier molecular flexibility index (Phi) is 6.13. The van der Waals surface area contributed by atoms with Crippen LogP contribution < -0.4 is 16.2 Å². The van der Waals surface area contributed by atoms with Crippen LogP contribution in [0.1, 0.15) is 24.3 Å². The van der Waals surface area contributed by atoms with Gasteiger partial charge in [-0.2, -0.15) is 0 Å². The zero-order chi connectivity index (χ0) is 16.0. The Labute approximate surface area is 122 Å². The van der Waals surface area contributed by atoms with Crippen LogP contribution in [0.5, 0.6) is 5.75 Å². The van der Waals surface area contributed by atoms with E-state index >= 15 is 0 Å². The molecule has 1 aromatic rings. The Morgan fingerprint density at radius 2 is 1.48 bits per heavy atom. The first-order valence-corrected chi connectivity index (χ1v) is 6.45. The maximum absolute atomic E-state index is 10.9. The van der Waals surface area contributed by atoms with Gasteiger partial charge in [0.15, 0.2) is 0 Å². The van der Waals surface area contributed by atoms with Crippen LogP contribution in [-0.4, -0.2) is 41.3 Å². The number of hydrogen-bond acceptors (Lipinski definition) is 5. The average molecular weight is 296 g/mol. The summed E-state index contributed by atoms with van der Waals surface area (Å²) in [5.41, 5.74) is 11.9. The number of carbonyl (C=O) groups is 2. The van der Waals surface area contributed by atoms with Crippen LogP contribution in [0.3, 0.4) is 0 Å². The van der Waals surface area contributed by atoms with Crippen LogP contribution in [0.2, 0.25) is 0 Å². The number of carboxylic acids is 2. The summed E-state index contributed by atoms with van der Waals surface area (Å²) in [6.07, 6.45) is 0.227. The summed E-state index contributed by atoms with van der Waals surface area (Å²) < 4.78 is 5.05. The van der Waals surface area contributed by atoms with Gasteiger partial charge in [0, 0.05) is 0 Å². The van der Waals surface area contributed by atoms with Crippen LogP contribution in [0.15, 0.2) is 24.3 Å². The molecule has 6 N–H and O–H groups in total. The maximum Gasteiger partial charge on any atom is 0.320 e. The molecule has 116 valence electrons. The maximum atomic E-state index is 10.9. The Balaban J connectivity index is 2.93. The third-order valence-corrected chi connectivity index (χ3v) is 3.30. The van der Waals surface area contributed by atoms with Crippen molar-refractivity contribution in [1.29, 1.82) is 0 Å². The van der Waals surface area contributed by atoms with Crippen molar-refractivity contribution in [2.75, 3.05) is 7.11 Å². The Morgan fingerprint density at radius 1 is 1.05 bits per heavy atom. The minimum atomic E-state index is -1.13. The van der Waals surface area contributed by atoms with Crippen molar-refractivity contribution in [2.45, 2.75) is 30.8 Å². The fourth-order valence-corrected chi connectivity index (χ4v) is 2.06. The van der Waals surface area contributed by atoms with Crippen molar-refractivity contribution in [2.24, 2.45) is 11.5 Å². The second-order valence-electron chi connectivity index (χ2n) is 4.83. The van der Waals surface area contributed by atoms with Gasteiger partial charge in [0.1, 0.15) is 17.8 Å². The Hall–Kier alpha value is -2.12. The summed E-state index contributed by atoms with van der Waals surface area (Å²) in [4.78, 5) is 21.8. The molecule has 0 fully saturated rings. The molecule has 0 heterocycles. The van der Waals surface area contributed by atoms with Gasteiger partial charge in [-0.1, -0.05) is 12.1 Å². The third kappa shape index (κ3) is 5.05. The Bertz CT molecular complexity index is 467. The van der Waals surface area contributed by atoms with Crippen LogP contribution >= 0.6 is 0 Å². The van der Waals surface area contributed by atoms with Gasteiger partial charge in [-0.25, -0.2) is 0 Å². The molecule has 0 aliphatic carbocycles. The number of carboxylic acid groups (broad SMARTS) is 2. The topological polar surface area (TPSA) is 136 Å². The minimum Gasteiger partial charge on any atom is -0.497 e. The summed E-state index contributed by atoms with van der Waals surface area (Å²) in [6, 6.07) is 4.82. The van der Waals surface area contributed by atoms with Crippen molar-refractivity contribution >= 4 is 11.9 Å². The normalized spacial score (nSPS) is 15.0. The first-order chi connectivity index (χ1) is 9.85. The predicted octanol–water partition coefficient (Wildman–Crippen LogP) is 0.383. The fraction of sp³-hybridized carbons (Fsp3) is 0.429. The molecule has 0 spiro atoms. The van der Waals surface area contributed by atoms with Crippen molar-refractivity contribution < 1.29 is 24.5 Å². The van der Waals surface area contributed by atoms with Crippen LogP contribution in [-0.2, 0) is 9.59 Å². The molecule has 7 nitrogen and oxygen atoms in total. The molecule has 21 heavy (non-hydrogen) atoms. The molecule has 1 aromatic carbocycles. The minimum absolute atomic E-state index is 0.114. The fourth-order valence-electron chi connectivity index (χ4n) is 2.06. The highest BCUT2D eigenvalue weighted by molar-refractivity contribution is 5.74. The number of ether oxygens (including phenoxy) is 1. The van der Waals surface area contributed by atoms with E-state index in [9.17, 15) is 9.59 Å². The highest BCUT2D eigenvalue weighted by Crippen LogP contribution is 2.27. The van der Waals surface area contributed by atoms with Gasteiger partial charge in [-0.3, -0.25) is 9.59 Å². The SMILES string of the molecule is COc1ccc(C(CC(N)C(=O)O)CC(N)C(=O)O)cc1. The summed E-state index contributed by atoms with van der Waals surface area (Å²) in [6.45, 7) is 0. The molecule has 1 rings (SSSR count). The van der Waals surface area contributed by atoms with E-state index < -0.39 is 24.0 Å². The molecule has 0 aliphatic heterocycles. The van der Waals surface area contributed by atoms with E-state index in [1.54, 1.807) is 24.3 Å². The highest BCUT2D eigenvalue weighted by Gasteiger charge is 2.24. The summed E-state index contributed by atoms with van der Waals surface area (Å²) in [5, 5.41) is 17.8. The molecule has 0 saturated heterocycles. The monoisotopic (exact) mass is 296 g/mol. The summed E-state index contributed by atoms with van der Waals surface area (Å²) in [5.74, 6) is -1.95. The molecule has 2 unspecified atom stereocenters. The van der Waals surface area contributed by atoms with E-state index in [0.717, 1.165) is 5.56 Å². The molecule has 0 aromatic heterocycles. The number of methoxy groups -OCH3 is 1. The first-order valence-electron chi connectivity index (χ1n) is 6.45. The van der Waals surface area contributed by atoms with Crippen LogP contribution in [0.4, 0.5) is 0 Å². The quantitative estimate of drug-likeness (QED) is 0.544. The number of aliphatic carboxylic acids is 2. The number of nitrogens with two attached hydrogens (primary N) is 2. The Morgan fingerprint density at radius 3 is 1.81 bits per heavy atom. The van der Waals surface area contributed by atoms with Gasteiger partial charge in [-0.15, -0.1) is 0 Å². The summed E-state index contributed by atoms with van der Waals surface area (Å²) in [7, 11) is 1.53. The van der Waals surface area contributed by atoms with E-state index in [1.165, 1.54) is 7.11 Å². The third-order valence-electron chi connectivity index (χ3n) is 3.30. The second kappa shape index (κ2) is 7.61. The number of hydrogen-bond donors (Lipinski definition) is 4. The largest absolute Gasteiger partial charge is 0.497 e. The van der Waals surface area contributed by atoms with E-state index in [1.807, 2.05) is 0 Å². The van der Waals surface area contributed by atoms with Gasteiger partial charge in [-0.05, 0) is 36.5 Å². The lowest BCUT2D eigenvalue weighted by Gasteiger charge is -2.21. The van der Waals surface area contributed by atoms with E-state index in [4.69, 9.17) is 26.4 Å². The predicted molar refractivity (Wildman–Crippen MR) is 76.2 cm³/mol. The smallest absolute Gasteiger partial charge is 0.320 e. The van der Waals surface area contributed by atoms with Crippen molar-refractivity contribution in [1.82, 2.24) is 0 Å². The molecule has 0 bridgehead atoms. The molecule has 2 atom stereocenters. The summed E-state index contributed by atoms with van der Waals surface area (Å²) >= 11 is 0. The zero-order valence-electron chi connectivity index (χ0n) is 11.7. The standard InChI is InChI=1S/C14H20N2O5/c1-21-10-4-2-8(3-5-10)9(6-11(15)13(17)18)7-12(16)14(19)20/h2-5,9,11-12H,6-7,15-16H2,1H3,(H,17,18)(H,19,20). The lowest BCUT2D eigenvalue weighted by Crippen LogP contribution is -2.36. The van der Waals surface area contributed by atoms with Gasteiger partial charge in [0.25, 0.3) is 0 Å². The molecule has 0 radical (unpaired) electrons. The molecule has 0 saturated carbocycles. The van der Waals surface area contributed by atoms with E-state index in [2.05, 4.69) is 0 Å². The van der Waals surface area contributed by atoms with Gasteiger partial charge >= 0.3 is 11.9 Å². The van der Waals surface area contributed by atoms with Crippen LogP contribution in [0, 0.1) is 0 Å². The highest BCUT2D eigenvalue weighted by atomic mass is 16.5. The van der Waals surface area contributed by atoms with Gasteiger partial charge < -0.3 is 26.4 Å². The van der Waals surface area contributed by atoms with E-state index in [-0.39, 0.29) is 18.8 Å². The van der Waals surface area contributed by atoms with Crippen molar-refractivity contribution in [3.63, 3.8) is 0 Å². The lowest BCUT2D eigenvalue weighted by atomic mass is 9.87. The number of benzene rings is 1. The van der Waals surface area contributed by atoms with Crippen molar-refractivity contribution in [3.05, 3.63) is 29.8 Å². The molecular formula is C14H20N2O5. The van der Waals surface area contributed by atoms with Crippen LogP contribution in [0.25, 0.3) is 0 Å². The second-order valence-corrected chi connectivity index (χ2v) is 4.83. The van der Waals surface area contributed by atoms with E-state index in [0.29, 0.717) is 5.75 Å². The molecule has 0 aliphatic rings. The first kappa shape index (κ1) is 16.9.